The Labute approximate surface area is 125 Å². The lowest BCUT2D eigenvalue weighted by molar-refractivity contribution is -0.129. The fraction of sp³-hybridized carbons (Fsp3) is 0.333. The summed E-state index contributed by atoms with van der Waals surface area (Å²) in [6.07, 6.45) is 5.59. The maximum absolute atomic E-state index is 12.6. The highest BCUT2D eigenvalue weighted by molar-refractivity contribution is 5.89. The molecule has 1 aliphatic rings. The van der Waals surface area contributed by atoms with Crippen LogP contribution in [-0.2, 0) is 16.6 Å². The molecule has 1 fully saturated rings. The molecule has 1 N–H and O–H groups in total. The number of nitrogens with zero attached hydrogens (tertiary/aromatic N) is 1. The molecule has 21 heavy (non-hydrogen) atoms. The quantitative estimate of drug-likeness (QED) is 0.915. The number of carbonyl (C=O) groups excluding carboxylic acids is 1. The molecule has 1 saturated carbocycles. The second kappa shape index (κ2) is 6.08. The van der Waals surface area contributed by atoms with Crippen LogP contribution in [0.3, 0.4) is 0 Å². The summed E-state index contributed by atoms with van der Waals surface area (Å²) < 4.78 is 0. The van der Waals surface area contributed by atoms with E-state index in [1.54, 1.807) is 6.20 Å². The molecular formula is C18H20N2O. The number of carbonyl (C=O) groups is 1. The highest BCUT2D eigenvalue weighted by Crippen LogP contribution is 2.43. The zero-order valence-electron chi connectivity index (χ0n) is 12.1. The number of benzene rings is 1. The summed E-state index contributed by atoms with van der Waals surface area (Å²) >= 11 is 0. The van der Waals surface area contributed by atoms with Gasteiger partial charge in [0.1, 0.15) is 0 Å². The minimum atomic E-state index is -0.300. The average molecular weight is 280 g/mol. The molecule has 0 saturated heterocycles. The van der Waals surface area contributed by atoms with Gasteiger partial charge in [0.15, 0.2) is 0 Å². The minimum Gasteiger partial charge on any atom is -0.355 e. The predicted octanol–water partition coefficient (Wildman–Crippen LogP) is 2.86. The lowest BCUT2D eigenvalue weighted by Crippen LogP contribution is -2.49. The highest BCUT2D eigenvalue weighted by atomic mass is 16.2. The topological polar surface area (TPSA) is 42.0 Å². The SMILES string of the molecule is O=C(NCCc1ccccn1)C1(c2ccccc2)CCC1. The summed E-state index contributed by atoms with van der Waals surface area (Å²) in [6.45, 7) is 0.643. The van der Waals surface area contributed by atoms with Gasteiger partial charge in [-0.15, -0.1) is 0 Å². The molecule has 2 aromatic rings. The number of rotatable bonds is 5. The fourth-order valence-electron chi connectivity index (χ4n) is 2.95. The van der Waals surface area contributed by atoms with Crippen molar-refractivity contribution < 1.29 is 4.79 Å². The molecule has 3 rings (SSSR count). The third-order valence-corrected chi connectivity index (χ3v) is 4.36. The van der Waals surface area contributed by atoms with Gasteiger partial charge in [-0.3, -0.25) is 9.78 Å². The highest BCUT2D eigenvalue weighted by Gasteiger charge is 2.45. The minimum absolute atomic E-state index is 0.163. The summed E-state index contributed by atoms with van der Waals surface area (Å²) in [5.41, 5.74) is 1.86. The monoisotopic (exact) mass is 280 g/mol. The van der Waals surface area contributed by atoms with Crippen molar-refractivity contribution in [2.24, 2.45) is 0 Å². The van der Waals surface area contributed by atoms with Crippen molar-refractivity contribution in [3.05, 3.63) is 66.0 Å². The van der Waals surface area contributed by atoms with Gasteiger partial charge in [0, 0.05) is 24.9 Å². The van der Waals surface area contributed by atoms with E-state index in [0.717, 1.165) is 36.9 Å². The largest absolute Gasteiger partial charge is 0.355 e. The van der Waals surface area contributed by atoms with Gasteiger partial charge in [0.25, 0.3) is 0 Å². The van der Waals surface area contributed by atoms with Gasteiger partial charge in [-0.2, -0.15) is 0 Å². The Bertz CT molecular complexity index is 591. The van der Waals surface area contributed by atoms with Crippen molar-refractivity contribution in [1.29, 1.82) is 0 Å². The first-order valence-electron chi connectivity index (χ1n) is 7.55. The Morgan fingerprint density at radius 3 is 2.48 bits per heavy atom. The lowest BCUT2D eigenvalue weighted by Gasteiger charge is -2.40. The van der Waals surface area contributed by atoms with E-state index >= 15 is 0 Å². The molecule has 0 unspecified atom stereocenters. The maximum atomic E-state index is 12.6. The van der Waals surface area contributed by atoms with Crippen molar-refractivity contribution in [2.45, 2.75) is 31.1 Å². The van der Waals surface area contributed by atoms with Gasteiger partial charge in [-0.25, -0.2) is 0 Å². The number of aromatic nitrogens is 1. The van der Waals surface area contributed by atoms with E-state index in [9.17, 15) is 4.79 Å². The molecule has 0 bridgehead atoms. The van der Waals surface area contributed by atoms with Gasteiger partial charge in [-0.1, -0.05) is 42.8 Å². The van der Waals surface area contributed by atoms with Gasteiger partial charge >= 0.3 is 0 Å². The van der Waals surface area contributed by atoms with Crippen LogP contribution in [0, 0.1) is 0 Å². The summed E-state index contributed by atoms with van der Waals surface area (Å²) in [5.74, 6) is 0.163. The van der Waals surface area contributed by atoms with Crippen LogP contribution >= 0.6 is 0 Å². The Balaban J connectivity index is 1.62. The number of nitrogens with one attached hydrogen (secondary N) is 1. The van der Waals surface area contributed by atoms with Crippen molar-refractivity contribution >= 4 is 5.91 Å². The molecule has 0 radical (unpaired) electrons. The molecule has 0 spiro atoms. The molecule has 1 heterocycles. The normalized spacial score (nSPS) is 16.0. The van der Waals surface area contributed by atoms with Gasteiger partial charge in [0.2, 0.25) is 5.91 Å². The second-order valence-electron chi connectivity index (χ2n) is 5.63. The Morgan fingerprint density at radius 2 is 1.86 bits per heavy atom. The van der Waals surface area contributed by atoms with Crippen LogP contribution in [0.25, 0.3) is 0 Å². The van der Waals surface area contributed by atoms with Gasteiger partial charge < -0.3 is 5.32 Å². The van der Waals surface area contributed by atoms with E-state index in [-0.39, 0.29) is 11.3 Å². The van der Waals surface area contributed by atoms with E-state index in [1.165, 1.54) is 0 Å². The van der Waals surface area contributed by atoms with Crippen molar-refractivity contribution in [2.75, 3.05) is 6.54 Å². The maximum Gasteiger partial charge on any atom is 0.230 e. The van der Waals surface area contributed by atoms with Crippen molar-refractivity contribution in [1.82, 2.24) is 10.3 Å². The summed E-state index contributed by atoms with van der Waals surface area (Å²) in [4.78, 5) is 16.9. The molecule has 1 aromatic carbocycles. The predicted molar refractivity (Wildman–Crippen MR) is 82.9 cm³/mol. The van der Waals surface area contributed by atoms with Crippen LogP contribution < -0.4 is 5.32 Å². The summed E-state index contributed by atoms with van der Waals surface area (Å²) in [6, 6.07) is 16.0. The number of amides is 1. The molecule has 1 amide bonds. The van der Waals surface area contributed by atoms with Crippen LogP contribution in [0.4, 0.5) is 0 Å². The van der Waals surface area contributed by atoms with Crippen LogP contribution in [0.5, 0.6) is 0 Å². The van der Waals surface area contributed by atoms with Crippen LogP contribution in [-0.4, -0.2) is 17.4 Å². The van der Waals surface area contributed by atoms with Gasteiger partial charge in [0.05, 0.1) is 5.41 Å². The van der Waals surface area contributed by atoms with Gasteiger partial charge in [-0.05, 0) is 30.5 Å². The molecule has 0 atom stereocenters. The molecule has 3 nitrogen and oxygen atoms in total. The third kappa shape index (κ3) is 2.82. The van der Waals surface area contributed by atoms with Crippen molar-refractivity contribution in [3.63, 3.8) is 0 Å². The lowest BCUT2D eigenvalue weighted by atomic mass is 9.64. The molecule has 1 aliphatic carbocycles. The fourth-order valence-corrected chi connectivity index (χ4v) is 2.95. The average Bonchev–Trinajstić information content (AvgIpc) is 2.48. The van der Waals surface area contributed by atoms with E-state index in [0.29, 0.717) is 6.54 Å². The molecular weight excluding hydrogens is 260 g/mol. The molecule has 108 valence electrons. The van der Waals surface area contributed by atoms with Crippen LogP contribution in [0.2, 0.25) is 0 Å². The smallest absolute Gasteiger partial charge is 0.230 e. The summed E-state index contributed by atoms with van der Waals surface area (Å²) in [7, 11) is 0. The Kier molecular flexibility index (Phi) is 4.00. The van der Waals surface area contributed by atoms with Crippen LogP contribution in [0.15, 0.2) is 54.7 Å². The van der Waals surface area contributed by atoms with E-state index < -0.39 is 0 Å². The first-order valence-corrected chi connectivity index (χ1v) is 7.55. The Hall–Kier alpha value is -2.16. The second-order valence-corrected chi connectivity index (χ2v) is 5.63. The Morgan fingerprint density at radius 1 is 1.10 bits per heavy atom. The number of pyridine rings is 1. The molecule has 0 aliphatic heterocycles. The number of hydrogen-bond acceptors (Lipinski definition) is 2. The van der Waals surface area contributed by atoms with E-state index in [2.05, 4.69) is 22.4 Å². The third-order valence-electron chi connectivity index (χ3n) is 4.36. The summed E-state index contributed by atoms with van der Waals surface area (Å²) in [5, 5.41) is 3.09. The first-order chi connectivity index (χ1) is 10.3. The standard InChI is InChI=1S/C18H20N2O/c21-17(20-14-10-16-9-4-5-13-19-16)18(11-6-12-18)15-7-2-1-3-8-15/h1-5,7-9,13H,6,10-12,14H2,(H,20,21). The zero-order valence-corrected chi connectivity index (χ0v) is 12.1. The first kappa shape index (κ1) is 13.8. The molecule has 1 aromatic heterocycles. The van der Waals surface area contributed by atoms with E-state index in [1.807, 2.05) is 36.4 Å². The number of hydrogen-bond donors (Lipinski definition) is 1. The van der Waals surface area contributed by atoms with Crippen LogP contribution in [0.1, 0.15) is 30.5 Å². The zero-order chi connectivity index (χ0) is 14.5. The van der Waals surface area contributed by atoms with Crippen molar-refractivity contribution in [3.8, 4) is 0 Å². The molecule has 3 heteroatoms. The van der Waals surface area contributed by atoms with E-state index in [4.69, 9.17) is 0 Å².